The fourth-order valence-corrected chi connectivity index (χ4v) is 1.74. The van der Waals surface area contributed by atoms with Crippen molar-refractivity contribution in [2.24, 2.45) is 0 Å². The van der Waals surface area contributed by atoms with E-state index in [9.17, 15) is 4.79 Å². The second-order valence-electron chi connectivity index (χ2n) is 4.25. The Balaban J connectivity index is 1.85. The molecule has 0 unspecified atom stereocenters. The van der Waals surface area contributed by atoms with Gasteiger partial charge in [0, 0.05) is 6.54 Å². The molecule has 1 N–H and O–H groups in total. The molecule has 0 radical (unpaired) electrons. The topological polar surface area (TPSA) is 52.9 Å². The van der Waals surface area contributed by atoms with E-state index in [-0.39, 0.29) is 5.91 Å². The van der Waals surface area contributed by atoms with E-state index in [0.717, 1.165) is 11.1 Å². The summed E-state index contributed by atoms with van der Waals surface area (Å²) in [5, 5.41) is 11.6. The Morgan fingerprint density at radius 3 is 2.32 bits per heavy atom. The summed E-state index contributed by atoms with van der Waals surface area (Å²) in [6, 6.07) is 18.9. The van der Waals surface area contributed by atoms with Gasteiger partial charge in [-0.3, -0.25) is 4.79 Å². The molecule has 0 atom stereocenters. The van der Waals surface area contributed by atoms with Crippen LogP contribution in [0.2, 0.25) is 0 Å². The molecule has 3 heteroatoms. The lowest BCUT2D eigenvalue weighted by Crippen LogP contribution is -2.24. The maximum absolute atomic E-state index is 11.7. The van der Waals surface area contributed by atoms with E-state index in [1.165, 1.54) is 0 Å². The smallest absolute Gasteiger partial charge is 0.224 e. The summed E-state index contributed by atoms with van der Waals surface area (Å²) in [5.74, 6) is -0.00411. The standard InChI is InChI=1S/C16H14N2O/c17-11-14-6-8-15(9-7-14)12-18-16(19)10-13-4-2-1-3-5-13/h1-9H,10,12H2,(H,18,19). The summed E-state index contributed by atoms with van der Waals surface area (Å²) in [6.45, 7) is 0.484. The van der Waals surface area contributed by atoms with Crippen LogP contribution >= 0.6 is 0 Å². The minimum Gasteiger partial charge on any atom is -0.352 e. The Bertz CT molecular complexity index is 582. The third-order valence-electron chi connectivity index (χ3n) is 2.78. The number of benzene rings is 2. The molecule has 0 aliphatic carbocycles. The van der Waals surface area contributed by atoms with Gasteiger partial charge in [0.25, 0.3) is 0 Å². The number of rotatable bonds is 4. The van der Waals surface area contributed by atoms with Crippen LogP contribution in [0.5, 0.6) is 0 Å². The minimum absolute atomic E-state index is 0.00411. The third-order valence-corrected chi connectivity index (χ3v) is 2.78. The highest BCUT2D eigenvalue weighted by atomic mass is 16.1. The molecule has 3 nitrogen and oxygen atoms in total. The lowest BCUT2D eigenvalue weighted by molar-refractivity contribution is -0.120. The molecule has 0 saturated heterocycles. The van der Waals surface area contributed by atoms with Crippen molar-refractivity contribution in [1.82, 2.24) is 5.32 Å². The van der Waals surface area contributed by atoms with Crippen LogP contribution < -0.4 is 5.32 Å². The molecule has 2 rings (SSSR count). The molecule has 0 spiro atoms. The highest BCUT2D eigenvalue weighted by Gasteiger charge is 2.02. The lowest BCUT2D eigenvalue weighted by atomic mass is 10.1. The number of nitrogens with zero attached hydrogens (tertiary/aromatic N) is 1. The van der Waals surface area contributed by atoms with Gasteiger partial charge in [0.15, 0.2) is 0 Å². The second-order valence-corrected chi connectivity index (χ2v) is 4.25. The van der Waals surface area contributed by atoms with Crippen LogP contribution in [0.4, 0.5) is 0 Å². The average molecular weight is 250 g/mol. The normalized spacial score (nSPS) is 9.63. The van der Waals surface area contributed by atoms with Gasteiger partial charge in [-0.1, -0.05) is 42.5 Å². The molecule has 0 bridgehead atoms. The molecular weight excluding hydrogens is 236 g/mol. The molecule has 0 aliphatic rings. The molecule has 0 fully saturated rings. The third kappa shape index (κ3) is 3.97. The van der Waals surface area contributed by atoms with Crippen LogP contribution in [0.25, 0.3) is 0 Å². The van der Waals surface area contributed by atoms with Crippen molar-refractivity contribution >= 4 is 5.91 Å². The predicted octanol–water partition coefficient (Wildman–Crippen LogP) is 2.42. The van der Waals surface area contributed by atoms with Crippen molar-refractivity contribution in [3.05, 3.63) is 71.3 Å². The van der Waals surface area contributed by atoms with Crippen molar-refractivity contribution in [2.45, 2.75) is 13.0 Å². The van der Waals surface area contributed by atoms with Gasteiger partial charge in [-0.15, -0.1) is 0 Å². The molecule has 2 aromatic carbocycles. The van der Waals surface area contributed by atoms with E-state index in [4.69, 9.17) is 5.26 Å². The van der Waals surface area contributed by atoms with E-state index < -0.39 is 0 Å². The van der Waals surface area contributed by atoms with E-state index in [2.05, 4.69) is 11.4 Å². The number of carbonyl (C=O) groups excluding carboxylic acids is 1. The highest BCUT2D eigenvalue weighted by Crippen LogP contribution is 2.03. The van der Waals surface area contributed by atoms with Crippen LogP contribution in [0.1, 0.15) is 16.7 Å². The number of nitrogens with one attached hydrogen (secondary N) is 1. The van der Waals surface area contributed by atoms with Gasteiger partial charge in [0.05, 0.1) is 18.1 Å². The van der Waals surface area contributed by atoms with Gasteiger partial charge in [0.2, 0.25) is 5.91 Å². The molecule has 0 aliphatic heterocycles. The van der Waals surface area contributed by atoms with Crippen LogP contribution in [0.3, 0.4) is 0 Å². The summed E-state index contributed by atoms with van der Waals surface area (Å²) >= 11 is 0. The van der Waals surface area contributed by atoms with E-state index in [1.807, 2.05) is 42.5 Å². The van der Waals surface area contributed by atoms with Gasteiger partial charge >= 0.3 is 0 Å². The summed E-state index contributed by atoms with van der Waals surface area (Å²) in [6.07, 6.45) is 0.386. The Morgan fingerprint density at radius 2 is 1.68 bits per heavy atom. The molecule has 94 valence electrons. The van der Waals surface area contributed by atoms with Gasteiger partial charge in [0.1, 0.15) is 0 Å². The van der Waals surface area contributed by atoms with Crippen molar-refractivity contribution < 1.29 is 4.79 Å². The molecule has 19 heavy (non-hydrogen) atoms. The highest BCUT2D eigenvalue weighted by molar-refractivity contribution is 5.78. The summed E-state index contributed by atoms with van der Waals surface area (Å²) in [7, 11) is 0. The summed E-state index contributed by atoms with van der Waals surface area (Å²) in [5.41, 5.74) is 2.61. The first-order valence-corrected chi connectivity index (χ1v) is 6.07. The maximum atomic E-state index is 11.7. The van der Waals surface area contributed by atoms with Crippen molar-refractivity contribution in [3.63, 3.8) is 0 Å². The average Bonchev–Trinajstić information content (AvgIpc) is 2.47. The Kier molecular flexibility index (Phi) is 4.30. The number of nitriles is 1. The monoisotopic (exact) mass is 250 g/mol. The Labute approximate surface area is 112 Å². The van der Waals surface area contributed by atoms with Gasteiger partial charge < -0.3 is 5.32 Å². The lowest BCUT2D eigenvalue weighted by Gasteiger charge is -2.05. The van der Waals surface area contributed by atoms with Gasteiger partial charge in [-0.2, -0.15) is 5.26 Å². The van der Waals surface area contributed by atoms with Crippen LogP contribution in [0.15, 0.2) is 54.6 Å². The molecular formula is C16H14N2O. The van der Waals surface area contributed by atoms with Gasteiger partial charge in [-0.25, -0.2) is 0 Å². The first kappa shape index (κ1) is 12.8. The fourth-order valence-electron chi connectivity index (χ4n) is 1.74. The first-order chi connectivity index (χ1) is 9.28. The quantitative estimate of drug-likeness (QED) is 0.906. The largest absolute Gasteiger partial charge is 0.352 e. The summed E-state index contributed by atoms with van der Waals surface area (Å²) in [4.78, 5) is 11.7. The zero-order chi connectivity index (χ0) is 13.5. The zero-order valence-corrected chi connectivity index (χ0v) is 10.5. The number of amides is 1. The van der Waals surface area contributed by atoms with Crippen LogP contribution in [-0.4, -0.2) is 5.91 Å². The number of hydrogen-bond acceptors (Lipinski definition) is 2. The van der Waals surface area contributed by atoms with Crippen LogP contribution in [0, 0.1) is 11.3 Å². The maximum Gasteiger partial charge on any atom is 0.224 e. The van der Waals surface area contributed by atoms with Gasteiger partial charge in [-0.05, 0) is 23.3 Å². The molecule has 0 saturated carbocycles. The second kappa shape index (κ2) is 6.36. The zero-order valence-electron chi connectivity index (χ0n) is 10.5. The van der Waals surface area contributed by atoms with Crippen molar-refractivity contribution in [2.75, 3.05) is 0 Å². The molecule has 2 aromatic rings. The molecule has 0 aromatic heterocycles. The predicted molar refractivity (Wildman–Crippen MR) is 73.1 cm³/mol. The number of carbonyl (C=O) groups is 1. The Morgan fingerprint density at radius 1 is 1.00 bits per heavy atom. The minimum atomic E-state index is -0.00411. The Hall–Kier alpha value is -2.60. The first-order valence-electron chi connectivity index (χ1n) is 6.07. The van der Waals surface area contributed by atoms with E-state index >= 15 is 0 Å². The summed E-state index contributed by atoms with van der Waals surface area (Å²) < 4.78 is 0. The fraction of sp³-hybridized carbons (Fsp3) is 0.125. The van der Waals surface area contributed by atoms with Crippen LogP contribution in [-0.2, 0) is 17.8 Å². The SMILES string of the molecule is N#Cc1ccc(CNC(=O)Cc2ccccc2)cc1. The van der Waals surface area contributed by atoms with E-state index in [1.54, 1.807) is 12.1 Å². The molecule has 1 amide bonds. The molecule has 0 heterocycles. The van der Waals surface area contributed by atoms with Crippen molar-refractivity contribution in [1.29, 1.82) is 5.26 Å². The van der Waals surface area contributed by atoms with E-state index in [0.29, 0.717) is 18.5 Å². The number of hydrogen-bond donors (Lipinski definition) is 1. The van der Waals surface area contributed by atoms with Crippen molar-refractivity contribution in [3.8, 4) is 6.07 Å².